The quantitative estimate of drug-likeness (QED) is 0.799. The lowest BCUT2D eigenvalue weighted by molar-refractivity contribution is -0.167. The molecule has 2 aliphatic rings. The molecule has 0 aromatic rings. The Hall–Kier alpha value is -1.14. The van der Waals surface area contributed by atoms with Crippen LogP contribution in [0.1, 0.15) is 32.6 Å². The van der Waals surface area contributed by atoms with E-state index in [0.717, 1.165) is 25.9 Å². The predicted molar refractivity (Wildman–Crippen MR) is 73.5 cm³/mol. The van der Waals surface area contributed by atoms with Gasteiger partial charge in [0.1, 0.15) is 6.61 Å². The molecule has 0 saturated carbocycles. The van der Waals surface area contributed by atoms with Gasteiger partial charge in [-0.05, 0) is 19.8 Å². The largest absolute Gasteiger partial charge is 0.480 e. The minimum atomic E-state index is -0.953. The molecule has 6 heteroatoms. The van der Waals surface area contributed by atoms with Crippen LogP contribution in [0.5, 0.6) is 0 Å². The molecule has 0 aromatic carbocycles. The number of carbonyl (C=O) groups is 2. The number of carboxylic acids is 1. The van der Waals surface area contributed by atoms with Crippen LogP contribution in [-0.4, -0.2) is 71.7 Å². The summed E-state index contributed by atoms with van der Waals surface area (Å²) < 4.78 is 5.34. The summed E-state index contributed by atoms with van der Waals surface area (Å²) in [6, 6.07) is 0. The number of carboxylic acid groups (broad SMARTS) is 1. The van der Waals surface area contributed by atoms with E-state index in [4.69, 9.17) is 9.84 Å². The van der Waals surface area contributed by atoms with Gasteiger partial charge >= 0.3 is 5.97 Å². The molecule has 2 fully saturated rings. The fourth-order valence-electron chi connectivity index (χ4n) is 2.95. The van der Waals surface area contributed by atoms with Crippen molar-refractivity contribution in [1.29, 1.82) is 0 Å². The highest BCUT2D eigenvalue weighted by molar-refractivity contribution is 5.78. The van der Waals surface area contributed by atoms with Gasteiger partial charge in [0.2, 0.25) is 5.91 Å². The maximum absolute atomic E-state index is 12.2. The number of rotatable bonds is 5. The van der Waals surface area contributed by atoms with Gasteiger partial charge in [0, 0.05) is 26.2 Å². The molecule has 0 aromatic heterocycles. The lowest BCUT2D eigenvalue weighted by Gasteiger charge is -2.47. The minimum absolute atomic E-state index is 0.187. The van der Waals surface area contributed by atoms with E-state index in [0.29, 0.717) is 19.6 Å². The average molecular weight is 284 g/mol. The molecule has 1 N–H and O–H groups in total. The van der Waals surface area contributed by atoms with Gasteiger partial charge in [0.25, 0.3) is 0 Å². The number of amides is 1. The first kappa shape index (κ1) is 15.3. The number of aliphatic carboxylic acids is 1. The maximum Gasteiger partial charge on any atom is 0.329 e. The summed E-state index contributed by atoms with van der Waals surface area (Å²) in [4.78, 5) is 26.6. The second-order valence-electron chi connectivity index (χ2n) is 6.07. The second-order valence-corrected chi connectivity index (χ2v) is 6.07. The Balaban J connectivity index is 1.70. The number of carbonyl (C=O) groups excluding carboxylic acids is 1. The van der Waals surface area contributed by atoms with E-state index in [9.17, 15) is 9.59 Å². The van der Waals surface area contributed by atoms with E-state index in [-0.39, 0.29) is 12.5 Å². The molecule has 0 radical (unpaired) electrons. The summed E-state index contributed by atoms with van der Waals surface area (Å²) >= 11 is 0. The van der Waals surface area contributed by atoms with Crippen LogP contribution < -0.4 is 0 Å². The first-order valence-corrected chi connectivity index (χ1v) is 7.34. The molecule has 2 heterocycles. The van der Waals surface area contributed by atoms with E-state index in [2.05, 4.69) is 0 Å². The molecule has 1 amide bonds. The monoisotopic (exact) mass is 284 g/mol. The van der Waals surface area contributed by atoms with Crippen LogP contribution in [-0.2, 0) is 14.3 Å². The van der Waals surface area contributed by atoms with Crippen molar-refractivity contribution in [2.24, 2.45) is 0 Å². The van der Waals surface area contributed by atoms with Gasteiger partial charge in [0.15, 0.2) is 0 Å². The zero-order valence-electron chi connectivity index (χ0n) is 12.1. The molecular formula is C14H24N2O4. The van der Waals surface area contributed by atoms with Crippen LogP contribution in [0.2, 0.25) is 0 Å². The topological polar surface area (TPSA) is 70.1 Å². The fourth-order valence-corrected chi connectivity index (χ4v) is 2.95. The molecule has 0 atom stereocenters. The van der Waals surface area contributed by atoms with Gasteiger partial charge in [-0.15, -0.1) is 0 Å². The Morgan fingerprint density at radius 1 is 1.15 bits per heavy atom. The second kappa shape index (κ2) is 6.54. The van der Waals surface area contributed by atoms with Crippen molar-refractivity contribution in [3.8, 4) is 0 Å². The van der Waals surface area contributed by atoms with E-state index >= 15 is 0 Å². The zero-order chi connectivity index (χ0) is 14.6. The van der Waals surface area contributed by atoms with E-state index in [1.165, 1.54) is 12.8 Å². The SMILES string of the molecule is CC1(OCC(=O)O)CN(CC(=O)N2CCCCCC2)C1. The maximum atomic E-state index is 12.2. The Bertz CT molecular complexity index is 358. The zero-order valence-corrected chi connectivity index (χ0v) is 12.1. The normalized spacial score (nSPS) is 22.9. The van der Waals surface area contributed by atoms with Crippen molar-refractivity contribution in [3.05, 3.63) is 0 Å². The van der Waals surface area contributed by atoms with Crippen molar-refractivity contribution < 1.29 is 19.4 Å². The van der Waals surface area contributed by atoms with Gasteiger partial charge in [-0.1, -0.05) is 12.8 Å². The van der Waals surface area contributed by atoms with Gasteiger partial charge in [-0.25, -0.2) is 4.79 Å². The molecule has 2 rings (SSSR count). The van der Waals surface area contributed by atoms with Crippen molar-refractivity contribution in [3.63, 3.8) is 0 Å². The Kier molecular flexibility index (Phi) is 4.99. The summed E-state index contributed by atoms with van der Waals surface area (Å²) in [5, 5.41) is 8.61. The van der Waals surface area contributed by atoms with Crippen LogP contribution in [0.25, 0.3) is 0 Å². The smallest absolute Gasteiger partial charge is 0.329 e. The first-order valence-electron chi connectivity index (χ1n) is 7.34. The minimum Gasteiger partial charge on any atom is -0.480 e. The highest BCUT2D eigenvalue weighted by Gasteiger charge is 2.41. The molecule has 20 heavy (non-hydrogen) atoms. The first-order chi connectivity index (χ1) is 9.48. The fraction of sp³-hybridized carbons (Fsp3) is 0.857. The third-order valence-corrected chi connectivity index (χ3v) is 3.98. The summed E-state index contributed by atoms with van der Waals surface area (Å²) in [5.74, 6) is -0.766. The van der Waals surface area contributed by atoms with Crippen LogP contribution >= 0.6 is 0 Å². The van der Waals surface area contributed by atoms with Crippen LogP contribution in [0.15, 0.2) is 0 Å². The Morgan fingerprint density at radius 2 is 1.75 bits per heavy atom. The van der Waals surface area contributed by atoms with Crippen molar-refractivity contribution in [2.75, 3.05) is 39.3 Å². The Labute approximate surface area is 119 Å². The molecule has 114 valence electrons. The third-order valence-electron chi connectivity index (χ3n) is 3.98. The van der Waals surface area contributed by atoms with E-state index in [1.807, 2.05) is 16.7 Å². The molecule has 0 spiro atoms. The summed E-state index contributed by atoms with van der Waals surface area (Å²) in [6.07, 6.45) is 4.64. The van der Waals surface area contributed by atoms with Gasteiger partial charge in [-0.2, -0.15) is 0 Å². The predicted octanol–water partition coefficient (Wildman–Crippen LogP) is 0.565. The van der Waals surface area contributed by atoms with Gasteiger partial charge in [0.05, 0.1) is 12.1 Å². The van der Waals surface area contributed by atoms with Gasteiger partial charge < -0.3 is 14.7 Å². The molecule has 0 bridgehead atoms. The highest BCUT2D eigenvalue weighted by atomic mass is 16.5. The standard InChI is InChI=1S/C14H24N2O4/c1-14(20-9-13(18)19)10-15(11-14)8-12(17)16-6-4-2-3-5-7-16/h2-11H2,1H3,(H,18,19). The lowest BCUT2D eigenvalue weighted by Crippen LogP contribution is -2.63. The number of likely N-dealkylation sites (tertiary alicyclic amines) is 2. The van der Waals surface area contributed by atoms with Gasteiger partial charge in [-0.3, -0.25) is 9.69 Å². The van der Waals surface area contributed by atoms with Crippen LogP contribution in [0, 0.1) is 0 Å². The molecule has 0 unspecified atom stereocenters. The van der Waals surface area contributed by atoms with Crippen molar-refractivity contribution in [1.82, 2.24) is 9.80 Å². The Morgan fingerprint density at radius 3 is 2.30 bits per heavy atom. The van der Waals surface area contributed by atoms with Crippen molar-refractivity contribution >= 4 is 11.9 Å². The summed E-state index contributed by atoms with van der Waals surface area (Å²) in [5.41, 5.74) is -0.419. The molecule has 6 nitrogen and oxygen atoms in total. The summed E-state index contributed by atoms with van der Waals surface area (Å²) in [7, 11) is 0. The number of hydrogen-bond donors (Lipinski definition) is 1. The molecule has 2 saturated heterocycles. The highest BCUT2D eigenvalue weighted by Crippen LogP contribution is 2.24. The molecular weight excluding hydrogens is 260 g/mol. The van der Waals surface area contributed by atoms with E-state index in [1.54, 1.807) is 0 Å². The number of hydrogen-bond acceptors (Lipinski definition) is 4. The average Bonchev–Trinajstić information content (AvgIpc) is 2.63. The number of ether oxygens (including phenoxy) is 1. The van der Waals surface area contributed by atoms with Crippen LogP contribution in [0.4, 0.5) is 0 Å². The van der Waals surface area contributed by atoms with Crippen molar-refractivity contribution in [2.45, 2.75) is 38.2 Å². The molecule has 2 aliphatic heterocycles. The third kappa shape index (κ3) is 4.18. The van der Waals surface area contributed by atoms with Crippen LogP contribution in [0.3, 0.4) is 0 Å². The number of nitrogens with zero attached hydrogens (tertiary/aromatic N) is 2. The molecule has 0 aliphatic carbocycles. The van der Waals surface area contributed by atoms with E-state index < -0.39 is 11.6 Å². The summed E-state index contributed by atoms with van der Waals surface area (Å²) in [6.45, 7) is 5.04. The lowest BCUT2D eigenvalue weighted by atomic mass is 9.96.